The summed E-state index contributed by atoms with van der Waals surface area (Å²) in [6, 6.07) is 0.177. The molecule has 0 aliphatic heterocycles. The second-order valence-corrected chi connectivity index (χ2v) is 3.74. The Balaban J connectivity index is 4.15. The molecule has 0 aliphatic rings. The molecule has 0 bridgehead atoms. The summed E-state index contributed by atoms with van der Waals surface area (Å²) >= 11 is 0. The molecule has 2 unspecified atom stereocenters. The number of hydrogen-bond donors (Lipinski definition) is 2. The molecule has 72 valence electrons. The topological polar surface area (TPSA) is 66.6 Å². The monoisotopic (exact) mass is 174 g/mol. The number of rotatable bonds is 4. The average molecular weight is 174 g/mol. The van der Waals surface area contributed by atoms with Gasteiger partial charge in [0.2, 0.25) is 0 Å². The zero-order valence-electron chi connectivity index (χ0n) is 8.16. The van der Waals surface area contributed by atoms with Crippen LogP contribution < -0.4 is 5.73 Å². The van der Waals surface area contributed by atoms with Crippen LogP contribution in [0.5, 0.6) is 0 Å². The van der Waals surface area contributed by atoms with Gasteiger partial charge in [0, 0.05) is 6.04 Å². The molecule has 0 saturated heterocycles. The summed E-state index contributed by atoms with van der Waals surface area (Å²) in [5.74, 6) is -0.948. The molecule has 0 aromatic heterocycles. The van der Waals surface area contributed by atoms with Crippen molar-refractivity contribution in [1.82, 2.24) is 4.90 Å². The lowest BCUT2D eigenvalue weighted by Crippen LogP contribution is -2.49. The molecular weight excluding hydrogens is 156 g/mol. The van der Waals surface area contributed by atoms with Gasteiger partial charge in [-0.1, -0.05) is 0 Å². The molecule has 0 amide bonds. The van der Waals surface area contributed by atoms with Crippen LogP contribution in [-0.2, 0) is 4.79 Å². The predicted octanol–water partition coefficient (Wildman–Crippen LogP) is 0.129. The summed E-state index contributed by atoms with van der Waals surface area (Å²) in [7, 11) is 3.81. The van der Waals surface area contributed by atoms with Crippen molar-refractivity contribution in [3.8, 4) is 0 Å². The Hall–Kier alpha value is -0.610. The molecule has 4 nitrogen and oxygen atoms in total. The van der Waals surface area contributed by atoms with Crippen molar-refractivity contribution < 1.29 is 9.90 Å². The van der Waals surface area contributed by atoms with E-state index in [0.717, 1.165) is 0 Å². The van der Waals surface area contributed by atoms with Crippen LogP contribution in [0.1, 0.15) is 20.3 Å². The SMILES string of the molecule is CC(CC(C)(N)C(=O)O)N(C)C. The van der Waals surface area contributed by atoms with Gasteiger partial charge in [-0.2, -0.15) is 0 Å². The van der Waals surface area contributed by atoms with Crippen LogP contribution >= 0.6 is 0 Å². The molecule has 0 rings (SSSR count). The molecule has 0 saturated carbocycles. The van der Waals surface area contributed by atoms with E-state index in [1.54, 1.807) is 0 Å². The van der Waals surface area contributed by atoms with E-state index < -0.39 is 11.5 Å². The Bertz CT molecular complexity index is 166. The van der Waals surface area contributed by atoms with E-state index in [-0.39, 0.29) is 6.04 Å². The Labute approximate surface area is 73.3 Å². The fourth-order valence-electron chi connectivity index (χ4n) is 0.884. The highest BCUT2D eigenvalue weighted by molar-refractivity contribution is 5.77. The molecule has 0 aliphatic carbocycles. The second-order valence-electron chi connectivity index (χ2n) is 3.74. The van der Waals surface area contributed by atoms with Crippen molar-refractivity contribution in [2.45, 2.75) is 31.8 Å². The Morgan fingerprint density at radius 2 is 2.08 bits per heavy atom. The molecule has 0 fully saturated rings. The summed E-state index contributed by atoms with van der Waals surface area (Å²) in [6.45, 7) is 3.49. The molecule has 12 heavy (non-hydrogen) atoms. The number of hydrogen-bond acceptors (Lipinski definition) is 3. The van der Waals surface area contributed by atoms with E-state index in [4.69, 9.17) is 10.8 Å². The third-order valence-corrected chi connectivity index (χ3v) is 2.09. The standard InChI is InChI=1S/C8H18N2O2/c1-6(10(3)4)5-8(2,9)7(11)12/h6H,5,9H2,1-4H3,(H,11,12). The highest BCUT2D eigenvalue weighted by Gasteiger charge is 2.30. The van der Waals surface area contributed by atoms with Crippen molar-refractivity contribution in [3.63, 3.8) is 0 Å². The Kier molecular flexibility index (Phi) is 3.67. The summed E-state index contributed by atoms with van der Waals surface area (Å²) in [4.78, 5) is 12.6. The third-order valence-electron chi connectivity index (χ3n) is 2.09. The lowest BCUT2D eigenvalue weighted by Gasteiger charge is -2.27. The maximum Gasteiger partial charge on any atom is 0.323 e. The summed E-state index contributed by atoms with van der Waals surface area (Å²) in [5, 5.41) is 8.73. The predicted molar refractivity (Wildman–Crippen MR) is 48.0 cm³/mol. The maximum absolute atomic E-state index is 10.6. The molecule has 2 atom stereocenters. The number of nitrogens with two attached hydrogens (primary N) is 1. The van der Waals surface area contributed by atoms with Crippen LogP contribution in [0.2, 0.25) is 0 Å². The van der Waals surface area contributed by atoms with Crippen LogP contribution in [0.3, 0.4) is 0 Å². The normalized spacial score (nSPS) is 18.8. The largest absolute Gasteiger partial charge is 0.480 e. The smallest absolute Gasteiger partial charge is 0.323 e. The minimum Gasteiger partial charge on any atom is -0.480 e. The number of carboxylic acid groups (broad SMARTS) is 1. The molecular formula is C8H18N2O2. The van der Waals surface area contributed by atoms with Crippen LogP contribution in [0.4, 0.5) is 0 Å². The number of carboxylic acids is 1. The van der Waals surface area contributed by atoms with Gasteiger partial charge in [-0.15, -0.1) is 0 Å². The minimum atomic E-state index is -1.12. The van der Waals surface area contributed by atoms with E-state index >= 15 is 0 Å². The Morgan fingerprint density at radius 1 is 1.67 bits per heavy atom. The molecule has 3 N–H and O–H groups in total. The summed E-state index contributed by atoms with van der Waals surface area (Å²) in [6.07, 6.45) is 0.454. The van der Waals surface area contributed by atoms with E-state index in [1.807, 2.05) is 25.9 Å². The van der Waals surface area contributed by atoms with Gasteiger partial charge in [-0.05, 0) is 34.4 Å². The van der Waals surface area contributed by atoms with Gasteiger partial charge in [0.15, 0.2) is 0 Å². The molecule has 0 spiro atoms. The molecule has 4 heteroatoms. The first-order valence-electron chi connectivity index (χ1n) is 3.96. The van der Waals surface area contributed by atoms with Crippen molar-refractivity contribution in [3.05, 3.63) is 0 Å². The fraction of sp³-hybridized carbons (Fsp3) is 0.875. The number of nitrogens with zero attached hydrogens (tertiary/aromatic N) is 1. The van der Waals surface area contributed by atoms with E-state index in [1.165, 1.54) is 6.92 Å². The molecule has 0 radical (unpaired) electrons. The first-order chi connectivity index (χ1) is 5.27. The molecule has 0 aromatic carbocycles. The van der Waals surface area contributed by atoms with Gasteiger partial charge in [0.05, 0.1) is 0 Å². The summed E-state index contributed by atoms with van der Waals surface area (Å²) < 4.78 is 0. The van der Waals surface area contributed by atoms with Crippen molar-refractivity contribution in [2.24, 2.45) is 5.73 Å². The summed E-state index contributed by atoms with van der Waals surface area (Å²) in [5.41, 5.74) is 4.45. The van der Waals surface area contributed by atoms with E-state index in [0.29, 0.717) is 6.42 Å². The lowest BCUT2D eigenvalue weighted by molar-refractivity contribution is -0.143. The first kappa shape index (κ1) is 11.4. The van der Waals surface area contributed by atoms with Gasteiger partial charge in [-0.3, -0.25) is 4.79 Å². The van der Waals surface area contributed by atoms with Crippen LogP contribution in [0.15, 0.2) is 0 Å². The maximum atomic E-state index is 10.6. The molecule has 0 heterocycles. The van der Waals surface area contributed by atoms with Gasteiger partial charge in [-0.25, -0.2) is 0 Å². The highest BCUT2D eigenvalue weighted by atomic mass is 16.4. The molecule has 0 aromatic rings. The van der Waals surface area contributed by atoms with Crippen LogP contribution in [-0.4, -0.2) is 41.7 Å². The highest BCUT2D eigenvalue weighted by Crippen LogP contribution is 2.11. The zero-order valence-corrected chi connectivity index (χ0v) is 8.16. The minimum absolute atomic E-state index is 0.177. The second kappa shape index (κ2) is 3.87. The van der Waals surface area contributed by atoms with Crippen LogP contribution in [0.25, 0.3) is 0 Å². The van der Waals surface area contributed by atoms with Gasteiger partial charge in [0.1, 0.15) is 5.54 Å². The number of carbonyl (C=O) groups is 1. The van der Waals surface area contributed by atoms with Gasteiger partial charge >= 0.3 is 5.97 Å². The van der Waals surface area contributed by atoms with Crippen molar-refractivity contribution in [1.29, 1.82) is 0 Å². The van der Waals surface area contributed by atoms with Crippen molar-refractivity contribution in [2.75, 3.05) is 14.1 Å². The quantitative estimate of drug-likeness (QED) is 0.635. The Morgan fingerprint density at radius 3 is 2.33 bits per heavy atom. The van der Waals surface area contributed by atoms with Crippen LogP contribution in [0, 0.1) is 0 Å². The first-order valence-corrected chi connectivity index (χ1v) is 3.96. The lowest BCUT2D eigenvalue weighted by atomic mass is 9.95. The van der Waals surface area contributed by atoms with E-state index in [2.05, 4.69) is 0 Å². The third kappa shape index (κ3) is 3.19. The number of aliphatic carboxylic acids is 1. The van der Waals surface area contributed by atoms with E-state index in [9.17, 15) is 4.79 Å². The van der Waals surface area contributed by atoms with Crippen molar-refractivity contribution >= 4 is 5.97 Å². The average Bonchev–Trinajstić information content (AvgIpc) is 1.85. The fourth-order valence-corrected chi connectivity index (χ4v) is 0.884. The van der Waals surface area contributed by atoms with Gasteiger partial charge < -0.3 is 15.7 Å². The zero-order chi connectivity index (χ0) is 9.94. The van der Waals surface area contributed by atoms with Gasteiger partial charge in [0.25, 0.3) is 0 Å².